The van der Waals surface area contributed by atoms with Crippen molar-refractivity contribution in [2.45, 2.75) is 31.8 Å². The van der Waals surface area contributed by atoms with Crippen LogP contribution in [-0.4, -0.2) is 52.8 Å². The van der Waals surface area contributed by atoms with Gasteiger partial charge in [0.2, 0.25) is 0 Å². The fraction of sp³-hybridized carbons (Fsp3) is 0.524. The normalized spacial score (nSPS) is 20.7. The summed E-state index contributed by atoms with van der Waals surface area (Å²) in [7, 11) is 0. The third kappa shape index (κ3) is 3.39. The summed E-state index contributed by atoms with van der Waals surface area (Å²) < 4.78 is 6.34. The number of nitrogens with zero attached hydrogens (tertiary/aromatic N) is 3. The SMILES string of the molecule is C[C@@H](CO)CN1CCC2(CC1)OCCc1cnc(-c3ccccc3)nc12. The third-order valence-electron chi connectivity index (χ3n) is 5.62. The zero-order valence-electron chi connectivity index (χ0n) is 15.4. The second-order valence-corrected chi connectivity index (χ2v) is 7.61. The predicted octanol–water partition coefficient (Wildman–Crippen LogP) is 2.64. The molecule has 0 unspecified atom stereocenters. The number of aliphatic hydroxyl groups is 1. The Bertz CT molecular complexity index is 742. The van der Waals surface area contributed by atoms with Crippen LogP contribution in [0.1, 0.15) is 31.0 Å². The molecular weight excluding hydrogens is 326 g/mol. The van der Waals surface area contributed by atoms with Gasteiger partial charge in [0.25, 0.3) is 0 Å². The van der Waals surface area contributed by atoms with Crippen LogP contribution in [0.5, 0.6) is 0 Å². The van der Waals surface area contributed by atoms with Crippen molar-refractivity contribution in [1.29, 1.82) is 0 Å². The number of fused-ring (bicyclic) bond motifs is 2. The molecule has 26 heavy (non-hydrogen) atoms. The molecule has 1 N–H and O–H groups in total. The first-order valence-electron chi connectivity index (χ1n) is 9.59. The van der Waals surface area contributed by atoms with Gasteiger partial charge in [-0.1, -0.05) is 37.3 Å². The summed E-state index contributed by atoms with van der Waals surface area (Å²) in [5.41, 5.74) is 3.09. The van der Waals surface area contributed by atoms with Gasteiger partial charge in [0.05, 0.1) is 12.3 Å². The minimum absolute atomic E-state index is 0.245. The van der Waals surface area contributed by atoms with Crippen LogP contribution in [0.15, 0.2) is 36.5 Å². The first-order valence-corrected chi connectivity index (χ1v) is 9.59. The van der Waals surface area contributed by atoms with E-state index in [0.717, 1.165) is 62.6 Å². The van der Waals surface area contributed by atoms with Crippen LogP contribution in [0.3, 0.4) is 0 Å². The van der Waals surface area contributed by atoms with Gasteiger partial charge in [0.15, 0.2) is 5.82 Å². The van der Waals surface area contributed by atoms with Gasteiger partial charge in [-0.3, -0.25) is 0 Å². The first-order chi connectivity index (χ1) is 12.7. The molecule has 1 spiro atoms. The number of aliphatic hydroxyl groups excluding tert-OH is 1. The van der Waals surface area contributed by atoms with Crippen molar-refractivity contribution in [1.82, 2.24) is 14.9 Å². The smallest absolute Gasteiger partial charge is 0.159 e. The number of ether oxygens (including phenoxy) is 1. The standard InChI is InChI=1S/C21H27N3O2/c1-16(15-25)14-24-10-8-21(9-11-24)19-18(7-12-26-21)13-22-20(23-19)17-5-3-2-4-6-17/h2-6,13,16,25H,7-12,14-15H2,1H3/t16-/m1/s1. The molecule has 1 aromatic heterocycles. The number of hydrogen-bond donors (Lipinski definition) is 1. The van der Waals surface area contributed by atoms with Crippen LogP contribution in [0.2, 0.25) is 0 Å². The number of benzene rings is 1. The van der Waals surface area contributed by atoms with Gasteiger partial charge in [-0.2, -0.15) is 0 Å². The fourth-order valence-corrected chi connectivity index (χ4v) is 4.11. The summed E-state index contributed by atoms with van der Waals surface area (Å²) in [6.07, 6.45) is 4.78. The Labute approximate surface area is 155 Å². The van der Waals surface area contributed by atoms with E-state index in [2.05, 4.69) is 28.9 Å². The topological polar surface area (TPSA) is 58.5 Å². The van der Waals surface area contributed by atoms with E-state index in [-0.39, 0.29) is 12.2 Å². The quantitative estimate of drug-likeness (QED) is 0.916. The van der Waals surface area contributed by atoms with Gasteiger partial charge in [0, 0.05) is 38.0 Å². The molecule has 138 valence electrons. The van der Waals surface area contributed by atoms with Gasteiger partial charge >= 0.3 is 0 Å². The highest BCUT2D eigenvalue weighted by Gasteiger charge is 2.42. The van der Waals surface area contributed by atoms with E-state index in [1.165, 1.54) is 5.56 Å². The highest BCUT2D eigenvalue weighted by atomic mass is 16.5. The van der Waals surface area contributed by atoms with Crippen LogP contribution >= 0.6 is 0 Å². The van der Waals surface area contributed by atoms with Crippen molar-refractivity contribution in [3.8, 4) is 11.4 Å². The lowest BCUT2D eigenvalue weighted by atomic mass is 9.83. The summed E-state index contributed by atoms with van der Waals surface area (Å²) in [4.78, 5) is 12.0. The summed E-state index contributed by atoms with van der Waals surface area (Å²) in [5, 5.41) is 9.31. The van der Waals surface area contributed by atoms with Crippen LogP contribution in [0, 0.1) is 5.92 Å². The Morgan fingerprint density at radius 1 is 1.23 bits per heavy atom. The molecule has 3 heterocycles. The molecule has 1 saturated heterocycles. The van der Waals surface area contributed by atoms with Gasteiger partial charge in [-0.15, -0.1) is 0 Å². The van der Waals surface area contributed by atoms with E-state index in [0.29, 0.717) is 5.92 Å². The molecule has 0 aliphatic carbocycles. The van der Waals surface area contributed by atoms with Gasteiger partial charge in [-0.25, -0.2) is 9.97 Å². The highest BCUT2D eigenvalue weighted by molar-refractivity contribution is 5.55. The molecular formula is C21H27N3O2. The van der Waals surface area contributed by atoms with Crippen molar-refractivity contribution in [3.05, 3.63) is 47.8 Å². The van der Waals surface area contributed by atoms with Crippen molar-refractivity contribution in [2.75, 3.05) is 32.8 Å². The average molecular weight is 353 g/mol. The molecule has 4 rings (SSSR count). The van der Waals surface area contributed by atoms with E-state index in [1.807, 2.05) is 24.4 Å². The Morgan fingerprint density at radius 3 is 2.73 bits per heavy atom. The van der Waals surface area contributed by atoms with Crippen molar-refractivity contribution in [2.24, 2.45) is 5.92 Å². The Hall–Kier alpha value is -1.82. The van der Waals surface area contributed by atoms with Crippen molar-refractivity contribution < 1.29 is 9.84 Å². The Balaban J connectivity index is 1.59. The fourth-order valence-electron chi connectivity index (χ4n) is 4.11. The summed E-state index contributed by atoms with van der Waals surface area (Å²) in [6.45, 7) is 5.99. The van der Waals surface area contributed by atoms with Crippen molar-refractivity contribution in [3.63, 3.8) is 0 Å². The van der Waals surface area contributed by atoms with Gasteiger partial charge < -0.3 is 14.7 Å². The largest absolute Gasteiger partial charge is 0.396 e. The molecule has 1 aromatic carbocycles. The monoisotopic (exact) mass is 353 g/mol. The number of likely N-dealkylation sites (tertiary alicyclic amines) is 1. The third-order valence-corrected chi connectivity index (χ3v) is 5.62. The summed E-state index contributed by atoms with van der Waals surface area (Å²) in [6, 6.07) is 10.2. The lowest BCUT2D eigenvalue weighted by molar-refractivity contribution is -0.102. The molecule has 0 amide bonds. The maximum atomic E-state index is 9.31. The molecule has 5 heteroatoms. The van der Waals surface area contributed by atoms with Gasteiger partial charge in [-0.05, 0) is 30.7 Å². The lowest BCUT2D eigenvalue weighted by Gasteiger charge is -2.44. The van der Waals surface area contributed by atoms with Crippen LogP contribution < -0.4 is 0 Å². The minimum Gasteiger partial charge on any atom is -0.396 e. The van der Waals surface area contributed by atoms with E-state index < -0.39 is 0 Å². The maximum Gasteiger partial charge on any atom is 0.159 e. The number of piperidine rings is 1. The molecule has 5 nitrogen and oxygen atoms in total. The molecule has 1 fully saturated rings. The molecule has 2 aliphatic heterocycles. The molecule has 2 aromatic rings. The summed E-state index contributed by atoms with van der Waals surface area (Å²) >= 11 is 0. The average Bonchev–Trinajstić information content (AvgIpc) is 2.70. The predicted molar refractivity (Wildman–Crippen MR) is 101 cm³/mol. The minimum atomic E-state index is -0.279. The van der Waals surface area contributed by atoms with E-state index in [1.54, 1.807) is 0 Å². The van der Waals surface area contributed by atoms with Crippen LogP contribution in [-0.2, 0) is 16.8 Å². The number of aromatic nitrogens is 2. The maximum absolute atomic E-state index is 9.31. The number of hydrogen-bond acceptors (Lipinski definition) is 5. The molecule has 0 saturated carbocycles. The van der Waals surface area contributed by atoms with E-state index >= 15 is 0 Å². The molecule has 2 aliphatic rings. The van der Waals surface area contributed by atoms with E-state index in [4.69, 9.17) is 9.72 Å². The Kier molecular flexibility index (Phi) is 5.02. The summed E-state index contributed by atoms with van der Waals surface area (Å²) in [5.74, 6) is 1.10. The molecule has 0 radical (unpaired) electrons. The molecule has 1 atom stereocenters. The lowest BCUT2D eigenvalue weighted by Crippen LogP contribution is -2.48. The second-order valence-electron chi connectivity index (χ2n) is 7.61. The highest BCUT2D eigenvalue weighted by Crippen LogP contribution is 2.40. The zero-order chi connectivity index (χ0) is 18.0. The zero-order valence-corrected chi connectivity index (χ0v) is 15.4. The number of rotatable bonds is 4. The second kappa shape index (κ2) is 7.43. The van der Waals surface area contributed by atoms with Crippen LogP contribution in [0.4, 0.5) is 0 Å². The van der Waals surface area contributed by atoms with E-state index in [9.17, 15) is 5.11 Å². The van der Waals surface area contributed by atoms with Crippen molar-refractivity contribution >= 4 is 0 Å². The van der Waals surface area contributed by atoms with Crippen LogP contribution in [0.25, 0.3) is 11.4 Å². The van der Waals surface area contributed by atoms with Gasteiger partial charge in [0.1, 0.15) is 5.60 Å². The Morgan fingerprint density at radius 2 is 2.00 bits per heavy atom. The molecule has 0 bridgehead atoms. The first kappa shape index (κ1) is 17.6.